The molecule has 3 aliphatic rings. The molecule has 3 aliphatic heterocycles. The molecule has 3 heterocycles. The minimum absolute atomic E-state index is 0. The topological polar surface area (TPSA) is 43.4 Å². The predicted octanol–water partition coefficient (Wildman–Crippen LogP) is 3.48. The molecule has 168 valence electrons. The van der Waals surface area contributed by atoms with Gasteiger partial charge >= 0.3 is 0 Å². The molecule has 0 N–H and O–H groups in total. The summed E-state index contributed by atoms with van der Waals surface area (Å²) in [5, 5.41) is 0. The van der Waals surface area contributed by atoms with Gasteiger partial charge in [-0.05, 0) is 38.1 Å². The van der Waals surface area contributed by atoms with Gasteiger partial charge in [-0.1, -0.05) is 24.3 Å². The van der Waals surface area contributed by atoms with Gasteiger partial charge in [-0.25, -0.2) is 0 Å². The number of hydrogen-bond donors (Lipinski definition) is 0. The summed E-state index contributed by atoms with van der Waals surface area (Å²) in [6.45, 7) is 9.57. The number of halogens is 1. The number of rotatable bonds is 4. The average molecular weight is 447 g/mol. The van der Waals surface area contributed by atoms with Crippen LogP contribution in [0, 0.1) is 0 Å². The van der Waals surface area contributed by atoms with E-state index in [1.54, 1.807) is 0 Å². The highest BCUT2D eigenvalue weighted by molar-refractivity contribution is 5.85. The molecule has 1 fully saturated rings. The van der Waals surface area contributed by atoms with Crippen molar-refractivity contribution in [2.24, 2.45) is 0 Å². The second kappa shape index (κ2) is 9.55. The van der Waals surface area contributed by atoms with E-state index in [1.807, 2.05) is 48.5 Å². The van der Waals surface area contributed by atoms with Gasteiger partial charge in [0.25, 0.3) is 0 Å². The van der Waals surface area contributed by atoms with Gasteiger partial charge in [0.2, 0.25) is 0 Å². The summed E-state index contributed by atoms with van der Waals surface area (Å²) in [7, 11) is 0. The van der Waals surface area contributed by atoms with Gasteiger partial charge in [-0.3, -0.25) is 9.80 Å². The molecule has 0 aromatic heterocycles. The fourth-order valence-electron chi connectivity index (χ4n) is 4.61. The normalized spacial score (nSPS) is 27.9. The van der Waals surface area contributed by atoms with Crippen LogP contribution in [-0.2, 0) is 0 Å². The van der Waals surface area contributed by atoms with Gasteiger partial charge in [0.1, 0.15) is 25.4 Å². The average Bonchev–Trinajstić information content (AvgIpc) is 2.77. The molecule has 4 atom stereocenters. The summed E-state index contributed by atoms with van der Waals surface area (Å²) < 4.78 is 24.2. The maximum Gasteiger partial charge on any atom is 0.161 e. The van der Waals surface area contributed by atoms with Gasteiger partial charge in [-0.15, -0.1) is 12.4 Å². The Labute approximate surface area is 190 Å². The number of piperazine rings is 1. The van der Waals surface area contributed by atoms with Crippen molar-refractivity contribution in [2.75, 3.05) is 39.4 Å². The van der Waals surface area contributed by atoms with Crippen molar-refractivity contribution in [3.05, 3.63) is 48.5 Å². The molecule has 0 spiro atoms. The summed E-state index contributed by atoms with van der Waals surface area (Å²) in [5.41, 5.74) is 0. The number of fused-ring (bicyclic) bond motifs is 2. The zero-order chi connectivity index (χ0) is 20.5. The second-order valence-corrected chi connectivity index (χ2v) is 8.60. The zero-order valence-corrected chi connectivity index (χ0v) is 18.9. The van der Waals surface area contributed by atoms with Crippen LogP contribution in [0.5, 0.6) is 23.0 Å². The van der Waals surface area contributed by atoms with E-state index in [2.05, 4.69) is 23.6 Å². The highest BCUT2D eigenvalue weighted by Gasteiger charge is 2.34. The molecule has 0 bridgehead atoms. The van der Waals surface area contributed by atoms with Crippen molar-refractivity contribution >= 4 is 12.4 Å². The third kappa shape index (κ3) is 4.86. The second-order valence-electron chi connectivity index (χ2n) is 8.60. The van der Waals surface area contributed by atoms with Crippen LogP contribution in [0.25, 0.3) is 0 Å². The predicted molar refractivity (Wildman–Crippen MR) is 122 cm³/mol. The molecule has 1 saturated heterocycles. The van der Waals surface area contributed by atoms with E-state index in [0.29, 0.717) is 25.3 Å². The fraction of sp³-hybridized carbons (Fsp3) is 0.500. The molecule has 0 saturated carbocycles. The van der Waals surface area contributed by atoms with E-state index in [-0.39, 0.29) is 24.6 Å². The Bertz CT molecular complexity index is 811. The van der Waals surface area contributed by atoms with E-state index < -0.39 is 0 Å². The van der Waals surface area contributed by atoms with Crippen LogP contribution in [0.2, 0.25) is 0 Å². The highest BCUT2D eigenvalue weighted by atomic mass is 35.5. The fourth-order valence-corrected chi connectivity index (χ4v) is 4.61. The third-order valence-electron chi connectivity index (χ3n) is 6.26. The standard InChI is InChI=1S/C24H30N2O4.ClH/c1-17-11-26(14-20-16-28-22-8-4-6-10-24(22)30-20)18(2)12-25(17)13-19-15-27-21-7-3-5-9-23(21)29-19;/h3-10,17-20H,11-16H2,1-2H3;1H/t17-,18+,19?,20?;. The minimum atomic E-state index is 0. The van der Waals surface area contributed by atoms with E-state index >= 15 is 0 Å². The van der Waals surface area contributed by atoms with Crippen molar-refractivity contribution in [1.82, 2.24) is 9.80 Å². The Morgan fingerprint density at radius 2 is 1.06 bits per heavy atom. The molecule has 2 unspecified atom stereocenters. The van der Waals surface area contributed by atoms with Gasteiger partial charge in [0.05, 0.1) is 0 Å². The number of nitrogens with zero attached hydrogens (tertiary/aromatic N) is 2. The molecule has 5 rings (SSSR count). The molecular weight excluding hydrogens is 416 g/mol. The lowest BCUT2D eigenvalue weighted by molar-refractivity contribution is -0.0211. The Balaban J connectivity index is 0.00000231. The Morgan fingerprint density at radius 3 is 1.48 bits per heavy atom. The van der Waals surface area contributed by atoms with Crippen LogP contribution in [0.4, 0.5) is 0 Å². The highest BCUT2D eigenvalue weighted by Crippen LogP contribution is 2.33. The van der Waals surface area contributed by atoms with E-state index in [1.165, 1.54) is 0 Å². The van der Waals surface area contributed by atoms with Crippen molar-refractivity contribution in [3.63, 3.8) is 0 Å². The van der Waals surface area contributed by atoms with Crippen LogP contribution in [0.1, 0.15) is 13.8 Å². The molecule has 7 heteroatoms. The number of hydrogen-bond acceptors (Lipinski definition) is 6. The van der Waals surface area contributed by atoms with Crippen molar-refractivity contribution in [3.8, 4) is 23.0 Å². The first kappa shape index (κ1) is 22.1. The summed E-state index contributed by atoms with van der Waals surface area (Å²) in [6.07, 6.45) is 0.125. The molecular formula is C24H31ClN2O4. The summed E-state index contributed by atoms with van der Waals surface area (Å²) in [5.74, 6) is 3.39. The number of ether oxygens (including phenoxy) is 4. The first-order chi connectivity index (χ1) is 14.7. The molecule has 6 nitrogen and oxygen atoms in total. The van der Waals surface area contributed by atoms with Crippen LogP contribution < -0.4 is 18.9 Å². The van der Waals surface area contributed by atoms with Crippen LogP contribution >= 0.6 is 12.4 Å². The first-order valence-electron chi connectivity index (χ1n) is 10.9. The number of para-hydroxylation sites is 4. The Morgan fingerprint density at radius 1 is 0.677 bits per heavy atom. The molecule has 31 heavy (non-hydrogen) atoms. The van der Waals surface area contributed by atoms with Crippen molar-refractivity contribution in [1.29, 1.82) is 0 Å². The lowest BCUT2D eigenvalue weighted by Crippen LogP contribution is -2.60. The summed E-state index contributed by atoms with van der Waals surface area (Å²) in [6, 6.07) is 16.7. The van der Waals surface area contributed by atoms with Gasteiger partial charge in [-0.2, -0.15) is 0 Å². The maximum absolute atomic E-state index is 6.18. The van der Waals surface area contributed by atoms with Crippen LogP contribution in [0.3, 0.4) is 0 Å². The minimum Gasteiger partial charge on any atom is -0.486 e. The lowest BCUT2D eigenvalue weighted by atomic mass is 10.1. The maximum atomic E-state index is 6.18. The number of benzene rings is 2. The Hall–Kier alpha value is -2.15. The van der Waals surface area contributed by atoms with Gasteiger partial charge in [0.15, 0.2) is 23.0 Å². The molecule has 0 amide bonds. The summed E-state index contributed by atoms with van der Waals surface area (Å²) in [4.78, 5) is 5.05. The third-order valence-corrected chi connectivity index (χ3v) is 6.26. The van der Waals surface area contributed by atoms with Crippen molar-refractivity contribution < 1.29 is 18.9 Å². The van der Waals surface area contributed by atoms with E-state index in [9.17, 15) is 0 Å². The monoisotopic (exact) mass is 446 g/mol. The van der Waals surface area contributed by atoms with Gasteiger partial charge in [0, 0.05) is 38.3 Å². The first-order valence-corrected chi connectivity index (χ1v) is 10.9. The molecule has 2 aromatic carbocycles. The molecule has 0 aliphatic carbocycles. The molecule has 0 radical (unpaired) electrons. The SMILES string of the molecule is C[C@@H]1CN(CC2COc3ccccc3O2)[C@@H](C)CN1CC1COc2ccccc2O1.Cl. The van der Waals surface area contributed by atoms with Crippen LogP contribution in [0.15, 0.2) is 48.5 Å². The van der Waals surface area contributed by atoms with Crippen molar-refractivity contribution in [2.45, 2.75) is 38.1 Å². The van der Waals surface area contributed by atoms with E-state index in [0.717, 1.165) is 49.2 Å². The summed E-state index contributed by atoms with van der Waals surface area (Å²) >= 11 is 0. The largest absolute Gasteiger partial charge is 0.486 e. The zero-order valence-electron chi connectivity index (χ0n) is 18.1. The molecule has 2 aromatic rings. The lowest BCUT2D eigenvalue weighted by Gasteiger charge is -2.46. The van der Waals surface area contributed by atoms with E-state index in [4.69, 9.17) is 18.9 Å². The smallest absolute Gasteiger partial charge is 0.161 e. The van der Waals surface area contributed by atoms with Crippen LogP contribution in [-0.4, -0.2) is 73.5 Å². The quantitative estimate of drug-likeness (QED) is 0.716. The van der Waals surface area contributed by atoms with Gasteiger partial charge < -0.3 is 18.9 Å². The Kier molecular flexibility index (Phi) is 6.80.